The van der Waals surface area contributed by atoms with Gasteiger partial charge in [0.05, 0.1) is 5.69 Å². The third-order valence-electron chi connectivity index (χ3n) is 3.23. The highest BCUT2D eigenvalue weighted by Crippen LogP contribution is 2.33. The molecule has 1 heterocycles. The number of amides is 1. The van der Waals surface area contributed by atoms with Gasteiger partial charge >= 0.3 is 0 Å². The number of fused-ring (bicyclic) bond motifs is 1. The van der Waals surface area contributed by atoms with E-state index in [0.717, 1.165) is 9.26 Å². The van der Waals surface area contributed by atoms with Crippen molar-refractivity contribution in [1.82, 2.24) is 0 Å². The summed E-state index contributed by atoms with van der Waals surface area (Å²) in [7, 11) is 0. The highest BCUT2D eigenvalue weighted by Gasteiger charge is 2.34. The van der Waals surface area contributed by atoms with Crippen molar-refractivity contribution in [2.75, 3.05) is 5.32 Å². The molecular formula is C16H14INO3. The molecule has 0 fully saturated rings. The maximum atomic E-state index is 12.4. The minimum absolute atomic E-state index is 0.207. The Kier molecular flexibility index (Phi) is 4.01. The summed E-state index contributed by atoms with van der Waals surface area (Å²) in [6.45, 7) is 1.83. The Morgan fingerprint density at radius 3 is 2.38 bits per heavy atom. The second kappa shape index (κ2) is 5.93. The zero-order chi connectivity index (χ0) is 14.8. The molecule has 0 unspecified atom stereocenters. The molecule has 0 saturated carbocycles. The molecule has 0 aromatic heterocycles. The van der Waals surface area contributed by atoms with Crippen molar-refractivity contribution >= 4 is 34.2 Å². The zero-order valence-corrected chi connectivity index (χ0v) is 13.5. The third kappa shape index (κ3) is 2.97. The lowest BCUT2D eigenvalue weighted by Gasteiger charge is -2.31. The molecule has 0 aliphatic carbocycles. The second-order valence-electron chi connectivity index (χ2n) is 4.78. The fourth-order valence-corrected chi connectivity index (χ4v) is 2.69. The summed E-state index contributed by atoms with van der Waals surface area (Å²) in [6.07, 6.45) is -1.02. The van der Waals surface area contributed by atoms with Crippen molar-refractivity contribution in [3.05, 3.63) is 52.1 Å². The fourth-order valence-electron chi connectivity index (χ4n) is 2.17. The van der Waals surface area contributed by atoms with E-state index in [-0.39, 0.29) is 12.0 Å². The normalized spacial score (nSPS) is 19.9. The number of carbonyl (C=O) groups excluding carboxylic acids is 1. The van der Waals surface area contributed by atoms with E-state index < -0.39 is 6.10 Å². The average molecular weight is 395 g/mol. The molecule has 1 aliphatic rings. The lowest BCUT2D eigenvalue weighted by Crippen LogP contribution is -2.46. The van der Waals surface area contributed by atoms with Crippen molar-refractivity contribution < 1.29 is 14.3 Å². The summed E-state index contributed by atoms with van der Waals surface area (Å²) < 4.78 is 12.5. The van der Waals surface area contributed by atoms with Crippen molar-refractivity contribution in [2.24, 2.45) is 0 Å². The van der Waals surface area contributed by atoms with E-state index in [4.69, 9.17) is 9.47 Å². The number of anilines is 1. The molecule has 2 atom stereocenters. The highest BCUT2D eigenvalue weighted by atomic mass is 127. The van der Waals surface area contributed by atoms with Crippen LogP contribution in [-0.2, 0) is 4.79 Å². The number of hydrogen-bond donors (Lipinski definition) is 1. The number of para-hydroxylation sites is 3. The van der Waals surface area contributed by atoms with Gasteiger partial charge in [-0.25, -0.2) is 0 Å². The van der Waals surface area contributed by atoms with E-state index >= 15 is 0 Å². The number of rotatable bonds is 2. The monoisotopic (exact) mass is 395 g/mol. The first-order valence-electron chi connectivity index (χ1n) is 6.63. The van der Waals surface area contributed by atoms with Gasteiger partial charge in [-0.05, 0) is 53.8 Å². The van der Waals surface area contributed by atoms with Gasteiger partial charge in [0.25, 0.3) is 5.91 Å². The Balaban J connectivity index is 1.78. The molecular weight excluding hydrogens is 381 g/mol. The minimum atomic E-state index is -0.670. The van der Waals surface area contributed by atoms with Crippen LogP contribution in [0.1, 0.15) is 6.92 Å². The fraction of sp³-hybridized carbons (Fsp3) is 0.188. The number of halogens is 1. The predicted molar refractivity (Wildman–Crippen MR) is 88.7 cm³/mol. The molecule has 4 nitrogen and oxygen atoms in total. The molecule has 108 valence electrons. The van der Waals surface area contributed by atoms with Crippen LogP contribution < -0.4 is 14.8 Å². The van der Waals surface area contributed by atoms with Crippen molar-refractivity contribution in [3.63, 3.8) is 0 Å². The Labute approximate surface area is 136 Å². The quantitative estimate of drug-likeness (QED) is 0.793. The Bertz CT molecular complexity index is 674. The van der Waals surface area contributed by atoms with Gasteiger partial charge in [0.1, 0.15) is 6.10 Å². The van der Waals surface area contributed by atoms with Crippen LogP contribution >= 0.6 is 22.6 Å². The first kappa shape index (κ1) is 14.2. The molecule has 2 aromatic carbocycles. The third-order valence-corrected chi connectivity index (χ3v) is 4.17. The van der Waals surface area contributed by atoms with Crippen LogP contribution in [0.3, 0.4) is 0 Å². The van der Waals surface area contributed by atoms with E-state index in [9.17, 15) is 4.79 Å². The molecule has 5 heteroatoms. The van der Waals surface area contributed by atoms with Gasteiger partial charge in [0.15, 0.2) is 11.5 Å². The van der Waals surface area contributed by atoms with Gasteiger partial charge in [-0.1, -0.05) is 24.3 Å². The largest absolute Gasteiger partial charge is 0.482 e. The summed E-state index contributed by atoms with van der Waals surface area (Å²) in [5.41, 5.74) is 0.776. The molecule has 1 aliphatic heterocycles. The summed E-state index contributed by atoms with van der Waals surface area (Å²) >= 11 is 2.18. The van der Waals surface area contributed by atoms with E-state index in [1.54, 1.807) is 6.07 Å². The van der Waals surface area contributed by atoms with Crippen LogP contribution in [0.5, 0.6) is 11.5 Å². The maximum Gasteiger partial charge on any atom is 0.269 e. The zero-order valence-electron chi connectivity index (χ0n) is 11.4. The van der Waals surface area contributed by atoms with Crippen molar-refractivity contribution in [2.45, 2.75) is 19.1 Å². The standard InChI is InChI=1S/C16H14INO3/c1-10-15(21-14-9-5-4-8-13(14)20-10)16(19)18-12-7-3-2-6-11(12)17/h2-10,15H,1H3,(H,18,19)/t10-,15+/m1/s1. The van der Waals surface area contributed by atoms with Crippen LogP contribution in [0.4, 0.5) is 5.69 Å². The SMILES string of the molecule is C[C@H]1Oc2ccccc2O[C@@H]1C(=O)Nc1ccccc1I. The lowest BCUT2D eigenvalue weighted by atomic mass is 10.1. The summed E-state index contributed by atoms with van der Waals surface area (Å²) in [5.74, 6) is 1.06. The molecule has 21 heavy (non-hydrogen) atoms. The predicted octanol–water partition coefficient (Wildman–Crippen LogP) is 3.46. The van der Waals surface area contributed by atoms with Crippen molar-refractivity contribution in [1.29, 1.82) is 0 Å². The number of nitrogens with one attached hydrogen (secondary N) is 1. The Morgan fingerprint density at radius 1 is 1.05 bits per heavy atom. The van der Waals surface area contributed by atoms with Crippen LogP contribution in [0.25, 0.3) is 0 Å². The average Bonchev–Trinajstić information content (AvgIpc) is 2.49. The topological polar surface area (TPSA) is 47.6 Å². The van der Waals surface area contributed by atoms with Crippen LogP contribution in [0.15, 0.2) is 48.5 Å². The van der Waals surface area contributed by atoms with Gasteiger partial charge in [0, 0.05) is 3.57 Å². The highest BCUT2D eigenvalue weighted by molar-refractivity contribution is 14.1. The minimum Gasteiger partial charge on any atom is -0.482 e. The first-order chi connectivity index (χ1) is 10.1. The molecule has 0 radical (unpaired) electrons. The smallest absolute Gasteiger partial charge is 0.269 e. The van der Waals surface area contributed by atoms with E-state index in [2.05, 4.69) is 27.9 Å². The molecule has 0 bridgehead atoms. The van der Waals surface area contributed by atoms with E-state index in [1.165, 1.54) is 0 Å². The van der Waals surface area contributed by atoms with Crippen LogP contribution in [0, 0.1) is 3.57 Å². The van der Waals surface area contributed by atoms with Crippen LogP contribution in [-0.4, -0.2) is 18.1 Å². The van der Waals surface area contributed by atoms with Crippen LogP contribution in [0.2, 0.25) is 0 Å². The number of ether oxygens (including phenoxy) is 2. The van der Waals surface area contributed by atoms with Gasteiger partial charge in [0.2, 0.25) is 6.10 Å². The van der Waals surface area contributed by atoms with Gasteiger partial charge in [-0.3, -0.25) is 4.79 Å². The molecule has 3 rings (SSSR count). The summed E-state index contributed by atoms with van der Waals surface area (Å²) in [4.78, 5) is 12.4. The number of benzene rings is 2. The van der Waals surface area contributed by atoms with Gasteiger partial charge < -0.3 is 14.8 Å². The number of hydrogen-bond acceptors (Lipinski definition) is 3. The molecule has 1 N–H and O–H groups in total. The van der Waals surface area contributed by atoms with Gasteiger partial charge in [-0.15, -0.1) is 0 Å². The molecule has 2 aromatic rings. The second-order valence-corrected chi connectivity index (χ2v) is 5.94. The maximum absolute atomic E-state index is 12.4. The molecule has 0 spiro atoms. The lowest BCUT2D eigenvalue weighted by molar-refractivity contribution is -0.128. The molecule has 1 amide bonds. The Hall–Kier alpha value is -1.76. The summed E-state index contributed by atoms with van der Waals surface area (Å²) in [6, 6.07) is 15.0. The van der Waals surface area contributed by atoms with Gasteiger partial charge in [-0.2, -0.15) is 0 Å². The van der Waals surface area contributed by atoms with E-state index in [0.29, 0.717) is 11.5 Å². The van der Waals surface area contributed by atoms with Crippen molar-refractivity contribution in [3.8, 4) is 11.5 Å². The summed E-state index contributed by atoms with van der Waals surface area (Å²) in [5, 5.41) is 2.89. The Morgan fingerprint density at radius 2 is 1.67 bits per heavy atom. The molecule has 0 saturated heterocycles. The number of carbonyl (C=O) groups is 1. The van der Waals surface area contributed by atoms with E-state index in [1.807, 2.05) is 49.4 Å². The first-order valence-corrected chi connectivity index (χ1v) is 7.71.